The van der Waals surface area contributed by atoms with Gasteiger partial charge in [0.1, 0.15) is 6.04 Å². The second kappa shape index (κ2) is 11.0. The fourth-order valence-corrected chi connectivity index (χ4v) is 5.18. The number of nitrogens with zero attached hydrogens (tertiary/aromatic N) is 1. The summed E-state index contributed by atoms with van der Waals surface area (Å²) in [6.45, 7) is 1.50. The maximum absolute atomic E-state index is 13.7. The zero-order valence-electron chi connectivity index (χ0n) is 19.0. The van der Waals surface area contributed by atoms with Gasteiger partial charge in [-0.3, -0.25) is 19.3 Å². The Kier molecular flexibility index (Phi) is 7.80. The fraction of sp³-hybridized carbons (Fsp3) is 0.296. The zero-order valence-corrected chi connectivity index (χ0v) is 20.6. The first kappa shape index (κ1) is 24.2. The van der Waals surface area contributed by atoms with Crippen molar-refractivity contribution >= 4 is 46.2 Å². The Balaban J connectivity index is 1.76. The molecule has 0 bridgehead atoms. The normalized spacial score (nSPS) is 14.5. The first-order chi connectivity index (χ1) is 16.4. The molecule has 2 amide bonds. The Hall–Kier alpha value is -2.96. The minimum absolute atomic E-state index is 0.0590. The largest absolute Gasteiger partial charge is 0.351 e. The van der Waals surface area contributed by atoms with E-state index in [9.17, 15) is 14.4 Å². The summed E-state index contributed by atoms with van der Waals surface area (Å²) in [6, 6.07) is 16.9. The van der Waals surface area contributed by atoms with Crippen LogP contribution < -0.4 is 10.2 Å². The van der Waals surface area contributed by atoms with Crippen LogP contribution in [-0.4, -0.2) is 23.6 Å². The highest BCUT2D eigenvalue weighted by atomic mass is 35.5. The van der Waals surface area contributed by atoms with E-state index in [1.54, 1.807) is 53.4 Å². The van der Waals surface area contributed by atoms with Crippen LogP contribution in [0, 0.1) is 0 Å². The summed E-state index contributed by atoms with van der Waals surface area (Å²) >= 11 is 7.63. The number of carbonyl (C=O) groups excluding carboxylic acids is 3. The Morgan fingerprint density at radius 3 is 2.29 bits per heavy atom. The SMILES string of the molecule is CC(=O)c1ccc(N(C(=O)Cc2cccs2)[C@H](C(=O)NC2CCCC2)c2ccc(Cl)cc2)cc1. The first-order valence-corrected chi connectivity index (χ1v) is 12.7. The molecule has 1 atom stereocenters. The molecule has 176 valence electrons. The van der Waals surface area contributed by atoms with Crippen LogP contribution in [0.1, 0.15) is 59.4 Å². The Labute approximate surface area is 208 Å². The Morgan fingerprint density at radius 2 is 1.71 bits per heavy atom. The van der Waals surface area contributed by atoms with Crippen molar-refractivity contribution in [3.8, 4) is 0 Å². The lowest BCUT2D eigenvalue weighted by Crippen LogP contribution is -2.46. The molecule has 1 aromatic heterocycles. The molecule has 0 radical (unpaired) electrons. The lowest BCUT2D eigenvalue weighted by atomic mass is 10.0. The molecule has 4 rings (SSSR count). The van der Waals surface area contributed by atoms with Gasteiger partial charge in [0.05, 0.1) is 6.42 Å². The van der Waals surface area contributed by atoms with Crippen molar-refractivity contribution in [2.45, 2.75) is 51.1 Å². The van der Waals surface area contributed by atoms with E-state index in [1.165, 1.54) is 18.3 Å². The third kappa shape index (κ3) is 5.75. The number of thiophene rings is 1. The number of carbonyl (C=O) groups is 3. The van der Waals surface area contributed by atoms with Crippen LogP contribution in [0.2, 0.25) is 5.02 Å². The smallest absolute Gasteiger partial charge is 0.248 e. The molecule has 1 aliphatic carbocycles. The first-order valence-electron chi connectivity index (χ1n) is 11.4. The molecule has 1 saturated carbocycles. The van der Waals surface area contributed by atoms with Gasteiger partial charge in [0.25, 0.3) is 0 Å². The summed E-state index contributed by atoms with van der Waals surface area (Å²) in [5, 5.41) is 5.65. The van der Waals surface area contributed by atoms with Crippen LogP contribution in [0.3, 0.4) is 0 Å². The highest BCUT2D eigenvalue weighted by molar-refractivity contribution is 7.10. The predicted octanol–water partition coefficient (Wildman–Crippen LogP) is 5.98. The standard InChI is InChI=1S/C27H27ClN2O3S/c1-18(31)19-10-14-23(15-11-19)30(25(32)17-24-7-4-16-34-24)26(20-8-12-21(28)13-9-20)27(33)29-22-5-2-3-6-22/h4,7-16,22,26H,2-3,5-6,17H2,1H3,(H,29,33)/t26-/m0/s1. The summed E-state index contributed by atoms with van der Waals surface area (Å²) in [7, 11) is 0. The van der Waals surface area contributed by atoms with Gasteiger partial charge in [0.2, 0.25) is 11.8 Å². The minimum atomic E-state index is -0.867. The van der Waals surface area contributed by atoms with E-state index in [0.29, 0.717) is 21.8 Å². The van der Waals surface area contributed by atoms with Gasteiger partial charge in [-0.05, 0) is 73.2 Å². The molecule has 1 heterocycles. The van der Waals surface area contributed by atoms with E-state index in [0.717, 1.165) is 30.6 Å². The number of hydrogen-bond acceptors (Lipinski definition) is 4. The molecule has 2 aromatic carbocycles. The van der Waals surface area contributed by atoms with Crippen molar-refractivity contribution in [3.05, 3.63) is 87.1 Å². The lowest BCUT2D eigenvalue weighted by Gasteiger charge is -2.32. The van der Waals surface area contributed by atoms with Gasteiger partial charge in [-0.15, -0.1) is 11.3 Å². The van der Waals surface area contributed by atoms with Gasteiger partial charge in [-0.25, -0.2) is 0 Å². The monoisotopic (exact) mass is 494 g/mol. The average molecular weight is 495 g/mol. The molecular formula is C27H27ClN2O3S. The molecule has 1 fully saturated rings. The summed E-state index contributed by atoms with van der Waals surface area (Å²) in [4.78, 5) is 41.7. The molecule has 0 spiro atoms. The molecule has 34 heavy (non-hydrogen) atoms. The van der Waals surface area contributed by atoms with Gasteiger partial charge in [-0.1, -0.05) is 42.6 Å². The van der Waals surface area contributed by atoms with Crippen LogP contribution in [0.15, 0.2) is 66.0 Å². The summed E-state index contributed by atoms with van der Waals surface area (Å²) in [6.07, 6.45) is 4.23. The number of anilines is 1. The van der Waals surface area contributed by atoms with Crippen molar-refractivity contribution in [1.29, 1.82) is 0 Å². The van der Waals surface area contributed by atoms with E-state index in [1.807, 2.05) is 17.5 Å². The second-order valence-electron chi connectivity index (χ2n) is 8.57. The van der Waals surface area contributed by atoms with Crippen molar-refractivity contribution < 1.29 is 14.4 Å². The average Bonchev–Trinajstić information content (AvgIpc) is 3.52. The van der Waals surface area contributed by atoms with Crippen LogP contribution >= 0.6 is 22.9 Å². The van der Waals surface area contributed by atoms with Gasteiger partial charge in [-0.2, -0.15) is 0 Å². The fourth-order valence-electron chi connectivity index (χ4n) is 4.35. The number of Topliss-reactive ketones (excluding diaryl/α,β-unsaturated/α-hetero) is 1. The Bertz CT molecular complexity index is 1140. The van der Waals surface area contributed by atoms with Crippen LogP contribution in [0.5, 0.6) is 0 Å². The number of rotatable bonds is 8. The number of nitrogens with one attached hydrogen (secondary N) is 1. The number of benzene rings is 2. The van der Waals surface area contributed by atoms with E-state index in [4.69, 9.17) is 11.6 Å². The molecular weight excluding hydrogens is 468 g/mol. The van der Waals surface area contributed by atoms with Crippen molar-refractivity contribution in [2.75, 3.05) is 4.90 Å². The summed E-state index contributed by atoms with van der Waals surface area (Å²) in [5.74, 6) is -0.472. The van der Waals surface area contributed by atoms with E-state index in [2.05, 4.69) is 5.32 Å². The van der Waals surface area contributed by atoms with Gasteiger partial charge < -0.3 is 5.32 Å². The number of amides is 2. The van der Waals surface area contributed by atoms with Gasteiger partial charge in [0, 0.05) is 27.2 Å². The minimum Gasteiger partial charge on any atom is -0.351 e. The number of ketones is 1. The predicted molar refractivity (Wildman–Crippen MR) is 137 cm³/mol. The summed E-state index contributed by atoms with van der Waals surface area (Å²) < 4.78 is 0. The molecule has 7 heteroatoms. The molecule has 1 N–H and O–H groups in total. The van der Waals surface area contributed by atoms with Crippen molar-refractivity contribution in [1.82, 2.24) is 5.32 Å². The van der Waals surface area contributed by atoms with Crippen molar-refractivity contribution in [3.63, 3.8) is 0 Å². The van der Waals surface area contributed by atoms with Crippen molar-refractivity contribution in [2.24, 2.45) is 0 Å². The third-order valence-corrected chi connectivity index (χ3v) is 7.25. The van der Waals surface area contributed by atoms with Crippen LogP contribution in [0.4, 0.5) is 5.69 Å². The molecule has 3 aromatic rings. The maximum Gasteiger partial charge on any atom is 0.248 e. The molecule has 0 saturated heterocycles. The molecule has 1 aliphatic rings. The Morgan fingerprint density at radius 1 is 1.03 bits per heavy atom. The zero-order chi connectivity index (χ0) is 24.1. The number of hydrogen-bond donors (Lipinski definition) is 1. The van der Waals surface area contributed by atoms with E-state index < -0.39 is 6.04 Å². The van der Waals surface area contributed by atoms with Gasteiger partial charge in [0.15, 0.2) is 5.78 Å². The molecule has 5 nitrogen and oxygen atoms in total. The van der Waals surface area contributed by atoms with Crippen LogP contribution in [0.25, 0.3) is 0 Å². The topological polar surface area (TPSA) is 66.5 Å². The molecule has 0 aliphatic heterocycles. The quantitative estimate of drug-likeness (QED) is 0.392. The number of halogens is 1. The van der Waals surface area contributed by atoms with E-state index in [-0.39, 0.29) is 30.1 Å². The van der Waals surface area contributed by atoms with Gasteiger partial charge >= 0.3 is 0 Å². The lowest BCUT2D eigenvalue weighted by molar-refractivity contribution is -0.127. The highest BCUT2D eigenvalue weighted by Gasteiger charge is 2.34. The third-order valence-electron chi connectivity index (χ3n) is 6.12. The summed E-state index contributed by atoms with van der Waals surface area (Å²) in [5.41, 5.74) is 1.79. The van der Waals surface area contributed by atoms with Crippen LogP contribution in [-0.2, 0) is 16.0 Å². The maximum atomic E-state index is 13.7. The van der Waals surface area contributed by atoms with E-state index >= 15 is 0 Å². The molecule has 0 unspecified atom stereocenters. The second-order valence-corrected chi connectivity index (χ2v) is 10.0. The highest BCUT2D eigenvalue weighted by Crippen LogP contribution is 2.31.